The fraction of sp³-hybridized carbons (Fsp3) is 0.250. The molecule has 4 aromatic rings. The first kappa shape index (κ1) is 23.2. The smallest absolute Gasteiger partial charge is 0.315 e. The Hall–Kier alpha value is -3.93. The Labute approximate surface area is 199 Å². The third kappa shape index (κ3) is 4.71. The van der Waals surface area contributed by atoms with E-state index in [1.165, 1.54) is 0 Å². The Morgan fingerprint density at radius 1 is 1.00 bits per heavy atom. The summed E-state index contributed by atoms with van der Waals surface area (Å²) < 4.78 is 1.66. The lowest BCUT2D eigenvalue weighted by Gasteiger charge is -2.31. The number of nitrogens with one attached hydrogen (secondary N) is 1. The average molecular weight is 455 g/mol. The standard InChI is InChI=1S/C28H30N4O2/c1-4-5-19-31(28(34)29-22-14-7-6-8-15-22)21(3)26-30-24-17-11-10-16-23(24)27(33)32(26)25-18-12-9-13-20(25)2/h6-18,21H,4-5,19H2,1-3H3,(H,29,34). The number of amides is 2. The quantitative estimate of drug-likeness (QED) is 0.367. The molecular weight excluding hydrogens is 424 g/mol. The number of carbonyl (C=O) groups excluding carboxylic acids is 1. The molecule has 0 radical (unpaired) electrons. The van der Waals surface area contributed by atoms with Gasteiger partial charge in [-0.05, 0) is 56.2 Å². The number of nitrogens with zero attached hydrogens (tertiary/aromatic N) is 3. The summed E-state index contributed by atoms with van der Waals surface area (Å²) in [6.07, 6.45) is 1.78. The molecule has 0 bridgehead atoms. The van der Waals surface area contributed by atoms with Gasteiger partial charge in [0.2, 0.25) is 0 Å². The topological polar surface area (TPSA) is 67.2 Å². The van der Waals surface area contributed by atoms with Gasteiger partial charge in [0.25, 0.3) is 5.56 Å². The van der Waals surface area contributed by atoms with Gasteiger partial charge in [-0.1, -0.05) is 61.9 Å². The van der Waals surface area contributed by atoms with Crippen molar-refractivity contribution in [1.29, 1.82) is 0 Å². The summed E-state index contributed by atoms with van der Waals surface area (Å²) >= 11 is 0. The molecule has 0 spiro atoms. The monoisotopic (exact) mass is 454 g/mol. The van der Waals surface area contributed by atoms with E-state index in [9.17, 15) is 9.59 Å². The van der Waals surface area contributed by atoms with E-state index in [1.807, 2.05) is 86.6 Å². The minimum atomic E-state index is -0.438. The summed E-state index contributed by atoms with van der Waals surface area (Å²) in [6, 6.07) is 23.9. The third-order valence-corrected chi connectivity index (χ3v) is 6.04. The van der Waals surface area contributed by atoms with Gasteiger partial charge in [-0.25, -0.2) is 9.78 Å². The Morgan fingerprint density at radius 2 is 1.68 bits per heavy atom. The molecule has 3 aromatic carbocycles. The van der Waals surface area contributed by atoms with Crippen LogP contribution < -0.4 is 10.9 Å². The van der Waals surface area contributed by atoms with Crippen LogP contribution in [-0.2, 0) is 0 Å². The van der Waals surface area contributed by atoms with Crippen molar-refractivity contribution in [1.82, 2.24) is 14.5 Å². The first-order valence-corrected chi connectivity index (χ1v) is 11.7. The van der Waals surface area contributed by atoms with Crippen LogP contribution in [0.25, 0.3) is 16.6 Å². The molecule has 0 fully saturated rings. The molecule has 6 heteroatoms. The zero-order valence-electron chi connectivity index (χ0n) is 19.9. The summed E-state index contributed by atoms with van der Waals surface area (Å²) in [5.74, 6) is 0.539. The Bertz CT molecular complexity index is 1350. The van der Waals surface area contributed by atoms with Gasteiger partial charge in [-0.3, -0.25) is 9.36 Å². The van der Waals surface area contributed by atoms with Crippen LogP contribution in [-0.4, -0.2) is 27.0 Å². The van der Waals surface area contributed by atoms with Crippen LogP contribution in [0.4, 0.5) is 10.5 Å². The van der Waals surface area contributed by atoms with Gasteiger partial charge in [0.05, 0.1) is 22.6 Å². The number of anilines is 1. The van der Waals surface area contributed by atoms with Crippen LogP contribution in [0.15, 0.2) is 83.7 Å². The third-order valence-electron chi connectivity index (χ3n) is 6.04. The first-order chi connectivity index (χ1) is 16.5. The van der Waals surface area contributed by atoms with E-state index >= 15 is 0 Å². The number of aryl methyl sites for hydroxylation is 1. The predicted octanol–water partition coefficient (Wildman–Crippen LogP) is 6.09. The van der Waals surface area contributed by atoms with Crippen molar-refractivity contribution in [2.24, 2.45) is 0 Å². The van der Waals surface area contributed by atoms with E-state index in [0.29, 0.717) is 23.3 Å². The molecule has 0 aliphatic rings. The fourth-order valence-corrected chi connectivity index (χ4v) is 4.13. The molecule has 1 aromatic heterocycles. The molecule has 34 heavy (non-hydrogen) atoms. The van der Waals surface area contributed by atoms with E-state index in [4.69, 9.17) is 4.98 Å². The number of para-hydroxylation sites is 3. The molecule has 174 valence electrons. The lowest BCUT2D eigenvalue weighted by molar-refractivity contribution is 0.188. The normalized spacial score (nSPS) is 11.9. The number of aromatic nitrogens is 2. The molecule has 0 aliphatic carbocycles. The van der Waals surface area contributed by atoms with Crippen molar-refractivity contribution >= 4 is 22.6 Å². The zero-order chi connectivity index (χ0) is 24.1. The highest BCUT2D eigenvalue weighted by molar-refractivity contribution is 5.89. The largest absolute Gasteiger partial charge is 0.322 e. The summed E-state index contributed by atoms with van der Waals surface area (Å²) in [4.78, 5) is 33.8. The minimum Gasteiger partial charge on any atom is -0.315 e. The molecule has 1 N–H and O–H groups in total. The molecule has 1 heterocycles. The number of hydrogen-bond acceptors (Lipinski definition) is 3. The van der Waals surface area contributed by atoms with E-state index in [-0.39, 0.29) is 11.6 Å². The molecule has 0 saturated carbocycles. The van der Waals surface area contributed by atoms with Crippen molar-refractivity contribution in [2.45, 2.75) is 39.7 Å². The maximum atomic E-state index is 13.7. The molecule has 0 aliphatic heterocycles. The van der Waals surface area contributed by atoms with Gasteiger partial charge in [-0.15, -0.1) is 0 Å². The van der Waals surface area contributed by atoms with Gasteiger partial charge >= 0.3 is 6.03 Å². The lowest BCUT2D eigenvalue weighted by Crippen LogP contribution is -2.40. The highest BCUT2D eigenvalue weighted by Gasteiger charge is 2.27. The molecule has 0 saturated heterocycles. The maximum absolute atomic E-state index is 13.7. The fourth-order valence-electron chi connectivity index (χ4n) is 4.13. The van der Waals surface area contributed by atoms with Crippen LogP contribution in [0.3, 0.4) is 0 Å². The van der Waals surface area contributed by atoms with Crippen molar-refractivity contribution < 1.29 is 4.79 Å². The average Bonchev–Trinajstić information content (AvgIpc) is 2.85. The summed E-state index contributed by atoms with van der Waals surface area (Å²) in [6.45, 7) is 6.55. The SMILES string of the molecule is CCCCN(C(=O)Nc1ccccc1)C(C)c1nc2ccccc2c(=O)n1-c1ccccc1C. The Kier molecular flexibility index (Phi) is 7.07. The molecule has 1 unspecified atom stereocenters. The van der Waals surface area contributed by atoms with E-state index < -0.39 is 6.04 Å². The van der Waals surface area contributed by atoms with E-state index in [2.05, 4.69) is 12.2 Å². The van der Waals surface area contributed by atoms with Crippen LogP contribution >= 0.6 is 0 Å². The Morgan fingerprint density at radius 3 is 2.41 bits per heavy atom. The number of carbonyl (C=O) groups is 1. The summed E-state index contributed by atoms with van der Waals surface area (Å²) in [5, 5.41) is 3.55. The second-order valence-electron chi connectivity index (χ2n) is 8.43. The van der Waals surface area contributed by atoms with Gasteiger partial charge in [0, 0.05) is 12.2 Å². The highest BCUT2D eigenvalue weighted by atomic mass is 16.2. The van der Waals surface area contributed by atoms with Crippen LogP contribution in [0.5, 0.6) is 0 Å². The van der Waals surface area contributed by atoms with Gasteiger partial charge in [-0.2, -0.15) is 0 Å². The Balaban J connectivity index is 1.85. The molecule has 2 amide bonds. The van der Waals surface area contributed by atoms with Gasteiger partial charge in [0.15, 0.2) is 0 Å². The number of hydrogen-bond donors (Lipinski definition) is 1. The first-order valence-electron chi connectivity index (χ1n) is 11.7. The van der Waals surface area contributed by atoms with Crippen LogP contribution in [0, 0.1) is 6.92 Å². The number of urea groups is 1. The van der Waals surface area contributed by atoms with E-state index in [1.54, 1.807) is 15.5 Å². The predicted molar refractivity (Wildman–Crippen MR) is 138 cm³/mol. The van der Waals surface area contributed by atoms with Crippen LogP contribution in [0.1, 0.15) is 44.1 Å². The summed E-state index contributed by atoms with van der Waals surface area (Å²) in [7, 11) is 0. The number of unbranched alkanes of at least 4 members (excludes halogenated alkanes) is 1. The summed E-state index contributed by atoms with van der Waals surface area (Å²) in [5.41, 5.74) is 2.94. The zero-order valence-corrected chi connectivity index (χ0v) is 19.9. The minimum absolute atomic E-state index is 0.138. The van der Waals surface area contributed by atoms with Crippen molar-refractivity contribution in [2.75, 3.05) is 11.9 Å². The van der Waals surface area contributed by atoms with Crippen molar-refractivity contribution in [3.8, 4) is 5.69 Å². The maximum Gasteiger partial charge on any atom is 0.322 e. The molecule has 4 rings (SSSR count). The number of rotatable bonds is 7. The number of fused-ring (bicyclic) bond motifs is 1. The lowest BCUT2D eigenvalue weighted by atomic mass is 10.1. The van der Waals surface area contributed by atoms with Crippen LogP contribution in [0.2, 0.25) is 0 Å². The molecule has 1 atom stereocenters. The van der Waals surface area contributed by atoms with Crippen molar-refractivity contribution in [3.63, 3.8) is 0 Å². The van der Waals surface area contributed by atoms with Gasteiger partial charge in [0.1, 0.15) is 5.82 Å². The second kappa shape index (κ2) is 10.3. The van der Waals surface area contributed by atoms with Gasteiger partial charge < -0.3 is 10.2 Å². The molecular formula is C28H30N4O2. The van der Waals surface area contributed by atoms with E-state index in [0.717, 1.165) is 29.8 Å². The second-order valence-corrected chi connectivity index (χ2v) is 8.43. The van der Waals surface area contributed by atoms with Crippen molar-refractivity contribution in [3.05, 3.63) is 101 Å². The number of benzene rings is 3. The molecule has 6 nitrogen and oxygen atoms in total. The highest BCUT2D eigenvalue weighted by Crippen LogP contribution is 2.25.